The number of rotatable bonds is 6. The Balaban J connectivity index is 1.44. The highest BCUT2D eigenvalue weighted by Crippen LogP contribution is 2.31. The smallest absolute Gasteiger partial charge is 0.223 e. The van der Waals surface area contributed by atoms with Crippen molar-refractivity contribution in [2.75, 3.05) is 26.2 Å². The van der Waals surface area contributed by atoms with Gasteiger partial charge in [0, 0.05) is 56.7 Å². The number of piperazine rings is 1. The third-order valence-electron chi connectivity index (χ3n) is 6.46. The van der Waals surface area contributed by atoms with Crippen molar-refractivity contribution in [3.8, 4) is 17.1 Å². The summed E-state index contributed by atoms with van der Waals surface area (Å²) in [5.74, 6) is 2.13. The molecule has 2 aromatic rings. The van der Waals surface area contributed by atoms with Gasteiger partial charge in [-0.05, 0) is 57.4 Å². The van der Waals surface area contributed by atoms with Crippen LogP contribution in [0.5, 0.6) is 5.75 Å². The molecule has 3 atom stereocenters. The van der Waals surface area contributed by atoms with Gasteiger partial charge in [0.25, 0.3) is 0 Å². The lowest BCUT2D eigenvalue weighted by atomic mass is 9.83. The fourth-order valence-electron chi connectivity index (χ4n) is 4.66. The lowest BCUT2D eigenvalue weighted by Crippen LogP contribution is -2.57. The molecular weight excluding hydrogens is 380 g/mol. The van der Waals surface area contributed by atoms with E-state index in [1.807, 2.05) is 24.3 Å². The maximum absolute atomic E-state index is 11.5. The average Bonchev–Trinajstić information content (AvgIpc) is 3.21. The highest BCUT2D eigenvalue weighted by atomic mass is 16.5. The molecule has 1 aromatic heterocycles. The van der Waals surface area contributed by atoms with Crippen LogP contribution in [0, 0.1) is 12.8 Å². The Labute approximate surface area is 178 Å². The first kappa shape index (κ1) is 21.0. The summed E-state index contributed by atoms with van der Waals surface area (Å²) in [5, 5.41) is 3.97. The molecule has 4 rings (SSSR count). The summed E-state index contributed by atoms with van der Waals surface area (Å²) in [5.41, 5.74) is 0.908. The second kappa shape index (κ2) is 9.27. The fourth-order valence-corrected chi connectivity index (χ4v) is 4.66. The maximum atomic E-state index is 11.5. The standard InChI is InChI=1S/C23H32N4O3/c1-16(2)26-10-12-27(13-11-26)21-14-18(15-28)4-9-22(21)29-20-7-5-19(6-8-20)23-24-17(3)30-25-23/h5-8,15-16,18,21-22H,4,9-14H2,1-3H3. The molecule has 162 valence electrons. The van der Waals surface area contributed by atoms with Gasteiger partial charge in [0.1, 0.15) is 18.1 Å². The fraction of sp³-hybridized carbons (Fsp3) is 0.609. The van der Waals surface area contributed by atoms with Crippen LogP contribution in [0.25, 0.3) is 11.4 Å². The predicted molar refractivity (Wildman–Crippen MR) is 114 cm³/mol. The van der Waals surface area contributed by atoms with E-state index in [1.165, 1.54) is 0 Å². The number of aryl methyl sites for hydroxylation is 1. The van der Waals surface area contributed by atoms with E-state index in [-0.39, 0.29) is 18.1 Å². The number of hydrogen-bond donors (Lipinski definition) is 0. The Morgan fingerprint density at radius 2 is 1.87 bits per heavy atom. The van der Waals surface area contributed by atoms with E-state index in [9.17, 15) is 4.79 Å². The van der Waals surface area contributed by atoms with Crippen LogP contribution in [0.4, 0.5) is 0 Å². The minimum absolute atomic E-state index is 0.102. The molecule has 1 aliphatic heterocycles. The summed E-state index contributed by atoms with van der Waals surface area (Å²) in [6.07, 6.45) is 3.93. The minimum Gasteiger partial charge on any atom is -0.489 e. The molecule has 0 radical (unpaired) electrons. The lowest BCUT2D eigenvalue weighted by Gasteiger charge is -2.45. The molecule has 7 heteroatoms. The molecular formula is C23H32N4O3. The number of ether oxygens (including phenoxy) is 1. The number of benzene rings is 1. The van der Waals surface area contributed by atoms with Crippen molar-refractivity contribution in [3.63, 3.8) is 0 Å². The third-order valence-corrected chi connectivity index (χ3v) is 6.46. The van der Waals surface area contributed by atoms with Crippen LogP contribution in [0.3, 0.4) is 0 Å². The van der Waals surface area contributed by atoms with Crippen LogP contribution < -0.4 is 4.74 Å². The van der Waals surface area contributed by atoms with E-state index in [4.69, 9.17) is 9.26 Å². The van der Waals surface area contributed by atoms with Crippen molar-refractivity contribution in [1.29, 1.82) is 0 Å². The second-order valence-corrected chi connectivity index (χ2v) is 8.76. The molecule has 1 aliphatic carbocycles. The van der Waals surface area contributed by atoms with Crippen LogP contribution in [0.1, 0.15) is 39.0 Å². The highest BCUT2D eigenvalue weighted by molar-refractivity contribution is 5.55. The molecule has 1 saturated heterocycles. The number of nitrogens with zero attached hydrogens (tertiary/aromatic N) is 4. The summed E-state index contributed by atoms with van der Waals surface area (Å²) < 4.78 is 11.5. The lowest BCUT2D eigenvalue weighted by molar-refractivity contribution is -0.114. The highest BCUT2D eigenvalue weighted by Gasteiger charge is 2.37. The zero-order chi connectivity index (χ0) is 21.1. The number of carbonyl (C=O) groups excluding carboxylic acids is 1. The van der Waals surface area contributed by atoms with Gasteiger partial charge in [-0.3, -0.25) is 9.80 Å². The van der Waals surface area contributed by atoms with Crippen molar-refractivity contribution in [2.24, 2.45) is 5.92 Å². The number of carbonyl (C=O) groups is 1. The van der Waals surface area contributed by atoms with Gasteiger partial charge < -0.3 is 14.1 Å². The minimum atomic E-state index is 0.102. The SMILES string of the molecule is Cc1nc(-c2ccc(OC3CCC(C=O)CC3N3CCN(C(C)C)CC3)cc2)no1. The normalized spacial score (nSPS) is 26.1. The van der Waals surface area contributed by atoms with Gasteiger partial charge in [-0.15, -0.1) is 0 Å². The van der Waals surface area contributed by atoms with Crippen molar-refractivity contribution in [2.45, 2.75) is 58.2 Å². The summed E-state index contributed by atoms with van der Waals surface area (Å²) in [6, 6.07) is 8.74. The number of hydrogen-bond acceptors (Lipinski definition) is 7. The number of aromatic nitrogens is 2. The van der Waals surface area contributed by atoms with Gasteiger partial charge in [0.05, 0.1) is 0 Å². The summed E-state index contributed by atoms with van der Waals surface area (Å²) in [7, 11) is 0. The molecule has 2 aliphatic rings. The van der Waals surface area contributed by atoms with Gasteiger partial charge in [-0.2, -0.15) is 4.98 Å². The number of aldehydes is 1. The summed E-state index contributed by atoms with van der Waals surface area (Å²) in [4.78, 5) is 20.8. The molecule has 0 amide bonds. The first-order valence-corrected chi connectivity index (χ1v) is 11.0. The van der Waals surface area contributed by atoms with Crippen LogP contribution in [0.2, 0.25) is 0 Å². The largest absolute Gasteiger partial charge is 0.489 e. The van der Waals surface area contributed by atoms with Gasteiger partial charge in [-0.1, -0.05) is 5.16 Å². The molecule has 0 spiro atoms. The van der Waals surface area contributed by atoms with E-state index in [1.54, 1.807) is 6.92 Å². The molecule has 2 heterocycles. The van der Waals surface area contributed by atoms with Crippen molar-refractivity contribution < 1.29 is 14.1 Å². The van der Waals surface area contributed by atoms with Crippen molar-refractivity contribution in [1.82, 2.24) is 19.9 Å². The Morgan fingerprint density at radius 3 is 2.47 bits per heavy atom. The molecule has 30 heavy (non-hydrogen) atoms. The maximum Gasteiger partial charge on any atom is 0.223 e. The van der Waals surface area contributed by atoms with Gasteiger partial charge in [-0.25, -0.2) is 0 Å². The van der Waals surface area contributed by atoms with E-state index >= 15 is 0 Å². The Bertz CT molecular complexity index is 827. The van der Waals surface area contributed by atoms with Crippen LogP contribution in [-0.4, -0.2) is 70.6 Å². The van der Waals surface area contributed by atoms with E-state index in [2.05, 4.69) is 33.8 Å². The molecule has 1 aromatic carbocycles. The first-order valence-electron chi connectivity index (χ1n) is 11.0. The Morgan fingerprint density at radius 1 is 1.13 bits per heavy atom. The Hall–Kier alpha value is -2.25. The summed E-state index contributed by atoms with van der Waals surface area (Å²) in [6.45, 7) is 10.5. The van der Waals surface area contributed by atoms with Crippen LogP contribution in [0.15, 0.2) is 28.8 Å². The quantitative estimate of drug-likeness (QED) is 0.675. The predicted octanol–water partition coefficient (Wildman–Crippen LogP) is 3.19. The molecule has 0 bridgehead atoms. The van der Waals surface area contributed by atoms with Crippen LogP contribution >= 0.6 is 0 Å². The first-order chi connectivity index (χ1) is 14.5. The molecule has 1 saturated carbocycles. The zero-order valence-corrected chi connectivity index (χ0v) is 18.2. The van der Waals surface area contributed by atoms with Crippen molar-refractivity contribution in [3.05, 3.63) is 30.2 Å². The molecule has 3 unspecified atom stereocenters. The van der Waals surface area contributed by atoms with Crippen molar-refractivity contribution >= 4 is 6.29 Å². The Kier molecular flexibility index (Phi) is 6.49. The zero-order valence-electron chi connectivity index (χ0n) is 18.2. The third kappa shape index (κ3) is 4.73. The van der Waals surface area contributed by atoms with Gasteiger partial charge in [0.15, 0.2) is 0 Å². The second-order valence-electron chi connectivity index (χ2n) is 8.76. The van der Waals surface area contributed by atoms with Gasteiger partial charge in [0.2, 0.25) is 11.7 Å². The van der Waals surface area contributed by atoms with Gasteiger partial charge >= 0.3 is 0 Å². The van der Waals surface area contributed by atoms with E-state index in [0.29, 0.717) is 17.8 Å². The monoisotopic (exact) mass is 412 g/mol. The van der Waals surface area contributed by atoms with E-state index < -0.39 is 0 Å². The molecule has 7 nitrogen and oxygen atoms in total. The molecule has 0 N–H and O–H groups in total. The molecule has 2 fully saturated rings. The summed E-state index contributed by atoms with van der Waals surface area (Å²) >= 11 is 0. The van der Waals surface area contributed by atoms with E-state index in [0.717, 1.165) is 63.0 Å². The average molecular weight is 413 g/mol. The topological polar surface area (TPSA) is 71.7 Å². The van der Waals surface area contributed by atoms with Crippen LogP contribution in [-0.2, 0) is 4.79 Å².